The van der Waals surface area contributed by atoms with E-state index >= 15 is 0 Å². The van der Waals surface area contributed by atoms with E-state index in [0.29, 0.717) is 25.3 Å². The Morgan fingerprint density at radius 1 is 1.00 bits per heavy atom. The largest absolute Gasteiger partial charge is 0.474 e. The average molecular weight is 438 g/mol. The number of aryl methyl sites for hydroxylation is 1. The van der Waals surface area contributed by atoms with E-state index in [1.54, 1.807) is 12.4 Å². The van der Waals surface area contributed by atoms with Crippen molar-refractivity contribution in [2.45, 2.75) is 32.2 Å². The normalized spacial score (nSPS) is 16.9. The van der Waals surface area contributed by atoms with Crippen molar-refractivity contribution in [1.82, 2.24) is 15.1 Å². The minimum atomic E-state index is 0.124. The van der Waals surface area contributed by atoms with E-state index in [2.05, 4.69) is 33.3 Å². The van der Waals surface area contributed by atoms with Crippen LogP contribution in [0.2, 0.25) is 0 Å². The van der Waals surface area contributed by atoms with Gasteiger partial charge in [0.05, 0.1) is 12.2 Å². The first-order valence-corrected chi connectivity index (χ1v) is 11.1. The second-order valence-electron chi connectivity index (χ2n) is 8.57. The number of anilines is 1. The van der Waals surface area contributed by atoms with Crippen LogP contribution in [0.1, 0.15) is 29.7 Å². The predicted octanol–water partition coefficient (Wildman–Crippen LogP) is 4.59. The second-order valence-corrected chi connectivity index (χ2v) is 8.57. The quantitative estimate of drug-likeness (QED) is 0.464. The molecular weight excluding hydrogens is 416 g/mol. The van der Waals surface area contributed by atoms with Crippen LogP contribution in [0.15, 0.2) is 65.6 Å². The lowest BCUT2D eigenvalue weighted by Gasteiger charge is -2.31. The molecule has 1 aromatic carbocycles. The van der Waals surface area contributed by atoms with Crippen molar-refractivity contribution in [3.63, 3.8) is 0 Å². The summed E-state index contributed by atoms with van der Waals surface area (Å²) in [5.41, 5.74) is 6.87. The Kier molecular flexibility index (Phi) is 4.68. The third-order valence-electron chi connectivity index (χ3n) is 6.33. The van der Waals surface area contributed by atoms with Crippen molar-refractivity contribution in [2.24, 2.45) is 0 Å². The topological polar surface area (TPSA) is 81.4 Å². The van der Waals surface area contributed by atoms with Gasteiger partial charge in [-0.2, -0.15) is 0 Å². The van der Waals surface area contributed by atoms with Crippen molar-refractivity contribution < 1.29 is 14.1 Å². The highest BCUT2D eigenvalue weighted by molar-refractivity contribution is 5.97. The Morgan fingerprint density at radius 2 is 1.82 bits per heavy atom. The molecule has 164 valence electrons. The molecule has 1 fully saturated rings. The third-order valence-corrected chi connectivity index (χ3v) is 6.33. The highest BCUT2D eigenvalue weighted by Gasteiger charge is 2.38. The molecule has 7 nitrogen and oxygen atoms in total. The number of hydrogen-bond acceptors (Lipinski definition) is 6. The number of ether oxygens (including phenoxy) is 1. The Morgan fingerprint density at radius 3 is 2.58 bits per heavy atom. The summed E-state index contributed by atoms with van der Waals surface area (Å²) in [6.07, 6.45) is 7.46. The molecule has 0 saturated carbocycles. The zero-order valence-corrected chi connectivity index (χ0v) is 18.2. The summed E-state index contributed by atoms with van der Waals surface area (Å²) >= 11 is 0. The minimum Gasteiger partial charge on any atom is -0.474 e. The fourth-order valence-corrected chi connectivity index (χ4v) is 4.56. The first kappa shape index (κ1) is 19.7. The standard InChI is InChI=1S/C26H22N4O3/c1-16-12-29-33-25(16)19-4-2-18(3-5-19)20-6-7-21(27-14-20)10-17-11-23-26(28-13-17)32-15-22-8-9-24(31)30(22)23/h2-7,11-14,22H,8-10,15H2,1H3/t22-/m0/s1. The van der Waals surface area contributed by atoms with E-state index in [1.165, 1.54) is 0 Å². The van der Waals surface area contributed by atoms with Crippen LogP contribution < -0.4 is 9.64 Å². The fraction of sp³-hybridized carbons (Fsp3) is 0.231. The van der Waals surface area contributed by atoms with E-state index in [1.807, 2.05) is 42.3 Å². The molecule has 33 heavy (non-hydrogen) atoms. The van der Waals surface area contributed by atoms with Crippen LogP contribution in [-0.2, 0) is 11.2 Å². The molecule has 4 aromatic rings. The molecule has 7 heteroatoms. The highest BCUT2D eigenvalue weighted by Crippen LogP contribution is 2.38. The van der Waals surface area contributed by atoms with Gasteiger partial charge in [-0.15, -0.1) is 0 Å². The SMILES string of the molecule is Cc1cnoc1-c1ccc(-c2ccc(Cc3cnc4c(c3)N3C(=O)CC[C@H]3CO4)nc2)cc1. The Labute approximate surface area is 191 Å². The van der Waals surface area contributed by atoms with Crippen LogP contribution in [0.25, 0.3) is 22.5 Å². The zero-order chi connectivity index (χ0) is 22.4. The first-order valence-electron chi connectivity index (χ1n) is 11.1. The van der Waals surface area contributed by atoms with Crippen molar-refractivity contribution >= 4 is 11.6 Å². The minimum absolute atomic E-state index is 0.124. The van der Waals surface area contributed by atoms with Gasteiger partial charge in [0.1, 0.15) is 12.3 Å². The lowest BCUT2D eigenvalue weighted by atomic mass is 10.0. The Bertz CT molecular complexity index is 1330. The number of amides is 1. The molecule has 3 aromatic heterocycles. The first-order chi connectivity index (χ1) is 16.2. The van der Waals surface area contributed by atoms with E-state index < -0.39 is 0 Å². The van der Waals surface area contributed by atoms with Crippen LogP contribution >= 0.6 is 0 Å². The Hall–Kier alpha value is -4.00. The molecule has 2 aliphatic rings. The van der Waals surface area contributed by atoms with Gasteiger partial charge in [0.15, 0.2) is 5.76 Å². The van der Waals surface area contributed by atoms with Gasteiger partial charge in [-0.1, -0.05) is 35.5 Å². The molecule has 5 heterocycles. The third kappa shape index (κ3) is 3.55. The van der Waals surface area contributed by atoms with Gasteiger partial charge in [-0.05, 0) is 36.6 Å². The lowest BCUT2D eigenvalue weighted by molar-refractivity contribution is -0.117. The smallest absolute Gasteiger partial charge is 0.238 e. The second kappa shape index (κ2) is 7.85. The van der Waals surface area contributed by atoms with Gasteiger partial charge in [0.2, 0.25) is 11.8 Å². The van der Waals surface area contributed by atoms with Gasteiger partial charge in [-0.25, -0.2) is 4.98 Å². The molecule has 1 amide bonds. The molecule has 0 aliphatic carbocycles. The molecule has 6 rings (SSSR count). The van der Waals surface area contributed by atoms with Gasteiger partial charge in [-0.3, -0.25) is 9.78 Å². The maximum absolute atomic E-state index is 12.3. The van der Waals surface area contributed by atoms with Crippen molar-refractivity contribution in [3.8, 4) is 28.3 Å². The van der Waals surface area contributed by atoms with Gasteiger partial charge >= 0.3 is 0 Å². The number of hydrogen-bond donors (Lipinski definition) is 0. The maximum Gasteiger partial charge on any atom is 0.238 e. The average Bonchev–Trinajstić information content (AvgIpc) is 3.45. The molecule has 0 unspecified atom stereocenters. The number of carbonyl (C=O) groups is 1. The molecular formula is C26H22N4O3. The summed E-state index contributed by atoms with van der Waals surface area (Å²) in [6, 6.07) is 14.4. The number of nitrogens with zero attached hydrogens (tertiary/aromatic N) is 4. The maximum atomic E-state index is 12.3. The fourth-order valence-electron chi connectivity index (χ4n) is 4.56. The Balaban J connectivity index is 1.20. The van der Waals surface area contributed by atoms with Crippen molar-refractivity contribution in [2.75, 3.05) is 11.5 Å². The summed E-state index contributed by atoms with van der Waals surface area (Å²) in [6.45, 7) is 2.50. The van der Waals surface area contributed by atoms with Gasteiger partial charge in [0, 0.05) is 47.6 Å². The van der Waals surface area contributed by atoms with Crippen LogP contribution in [0.5, 0.6) is 5.88 Å². The van der Waals surface area contributed by atoms with Crippen LogP contribution in [-0.4, -0.2) is 33.7 Å². The molecule has 0 radical (unpaired) electrons. The van der Waals surface area contributed by atoms with Crippen molar-refractivity contribution in [1.29, 1.82) is 0 Å². The van der Waals surface area contributed by atoms with Gasteiger partial charge < -0.3 is 14.2 Å². The number of carbonyl (C=O) groups excluding carboxylic acids is 1. The molecule has 1 atom stereocenters. The van der Waals surface area contributed by atoms with E-state index in [9.17, 15) is 4.79 Å². The van der Waals surface area contributed by atoms with E-state index in [-0.39, 0.29) is 11.9 Å². The summed E-state index contributed by atoms with van der Waals surface area (Å²) < 4.78 is 11.1. The summed E-state index contributed by atoms with van der Waals surface area (Å²) in [4.78, 5) is 23.3. The number of rotatable bonds is 4. The molecule has 0 spiro atoms. The van der Waals surface area contributed by atoms with E-state index in [4.69, 9.17) is 9.26 Å². The monoisotopic (exact) mass is 438 g/mol. The summed E-state index contributed by atoms with van der Waals surface area (Å²) in [7, 11) is 0. The molecule has 1 saturated heterocycles. The molecule has 0 N–H and O–H groups in total. The summed E-state index contributed by atoms with van der Waals surface area (Å²) in [5.74, 6) is 1.48. The van der Waals surface area contributed by atoms with Crippen LogP contribution in [0.4, 0.5) is 5.69 Å². The predicted molar refractivity (Wildman–Crippen MR) is 123 cm³/mol. The van der Waals surface area contributed by atoms with Crippen molar-refractivity contribution in [3.05, 3.63) is 77.9 Å². The molecule has 0 bridgehead atoms. The number of fused-ring (bicyclic) bond motifs is 3. The highest BCUT2D eigenvalue weighted by atomic mass is 16.5. The number of benzene rings is 1. The van der Waals surface area contributed by atoms with E-state index in [0.717, 1.165) is 51.4 Å². The summed E-state index contributed by atoms with van der Waals surface area (Å²) in [5, 5.41) is 3.85. The molecule has 2 aliphatic heterocycles. The van der Waals surface area contributed by atoms with Gasteiger partial charge in [0.25, 0.3) is 0 Å². The number of aromatic nitrogens is 3. The van der Waals surface area contributed by atoms with Crippen LogP contribution in [0, 0.1) is 6.92 Å². The van der Waals surface area contributed by atoms with Crippen LogP contribution in [0.3, 0.4) is 0 Å². The number of pyridine rings is 2. The zero-order valence-electron chi connectivity index (χ0n) is 18.2. The lowest BCUT2D eigenvalue weighted by Crippen LogP contribution is -2.40.